The Bertz CT molecular complexity index is 385. The Kier molecular flexibility index (Phi) is 5.20. The first kappa shape index (κ1) is 16.4. The molecule has 0 unspecified atom stereocenters. The van der Waals surface area contributed by atoms with E-state index in [-0.39, 0.29) is 11.0 Å². The van der Waals surface area contributed by atoms with E-state index in [1.54, 1.807) is 0 Å². The molecule has 0 N–H and O–H groups in total. The molecular formula is C18H32N2O2. The van der Waals surface area contributed by atoms with Crippen LogP contribution < -0.4 is 0 Å². The predicted molar refractivity (Wildman–Crippen MR) is 89.7 cm³/mol. The lowest BCUT2D eigenvalue weighted by Gasteiger charge is -2.44. The summed E-state index contributed by atoms with van der Waals surface area (Å²) >= 11 is 0. The molecule has 2 atom stereocenters. The molecule has 3 saturated heterocycles. The summed E-state index contributed by atoms with van der Waals surface area (Å²) in [6, 6.07) is 0. The van der Waals surface area contributed by atoms with Gasteiger partial charge in [-0.25, -0.2) is 0 Å². The second-order valence-corrected chi connectivity index (χ2v) is 8.01. The van der Waals surface area contributed by atoms with Gasteiger partial charge in [-0.2, -0.15) is 0 Å². The Morgan fingerprint density at radius 1 is 1.18 bits per heavy atom. The normalized spacial score (nSPS) is 36.4. The van der Waals surface area contributed by atoms with Gasteiger partial charge in [0, 0.05) is 31.4 Å². The molecule has 4 heteroatoms. The van der Waals surface area contributed by atoms with Gasteiger partial charge in [-0.15, -0.1) is 0 Å². The monoisotopic (exact) mass is 308 g/mol. The molecule has 3 fully saturated rings. The summed E-state index contributed by atoms with van der Waals surface area (Å²) in [6.45, 7) is 10.7. The van der Waals surface area contributed by atoms with Crippen molar-refractivity contribution < 1.29 is 9.47 Å². The second kappa shape index (κ2) is 6.98. The van der Waals surface area contributed by atoms with Crippen molar-refractivity contribution in [1.82, 2.24) is 4.90 Å². The van der Waals surface area contributed by atoms with E-state index < -0.39 is 0 Å². The van der Waals surface area contributed by atoms with Crippen molar-refractivity contribution in [3.63, 3.8) is 0 Å². The fourth-order valence-corrected chi connectivity index (χ4v) is 4.34. The molecule has 4 nitrogen and oxygen atoms in total. The van der Waals surface area contributed by atoms with Crippen molar-refractivity contribution in [1.29, 1.82) is 0 Å². The number of ether oxygens (including phenoxy) is 2. The van der Waals surface area contributed by atoms with Crippen LogP contribution in [0.2, 0.25) is 0 Å². The first-order chi connectivity index (χ1) is 10.6. The maximum absolute atomic E-state index is 5.96. The van der Waals surface area contributed by atoms with Gasteiger partial charge in [-0.1, -0.05) is 0 Å². The van der Waals surface area contributed by atoms with Gasteiger partial charge < -0.3 is 14.4 Å². The minimum Gasteiger partial charge on any atom is -0.376 e. The van der Waals surface area contributed by atoms with Gasteiger partial charge in [0.05, 0.1) is 18.2 Å². The molecule has 3 aliphatic heterocycles. The van der Waals surface area contributed by atoms with Crippen LogP contribution in [0.15, 0.2) is 4.99 Å². The highest BCUT2D eigenvalue weighted by Crippen LogP contribution is 2.39. The molecule has 0 saturated carbocycles. The van der Waals surface area contributed by atoms with Gasteiger partial charge in [0.1, 0.15) is 0 Å². The third-order valence-electron chi connectivity index (χ3n) is 5.31. The Labute approximate surface area is 135 Å². The highest BCUT2D eigenvalue weighted by molar-refractivity contribution is 5.66. The number of hydrogen-bond donors (Lipinski definition) is 0. The molecule has 0 amide bonds. The molecule has 0 aromatic rings. The lowest BCUT2D eigenvalue weighted by molar-refractivity contribution is -0.0897. The summed E-state index contributed by atoms with van der Waals surface area (Å²) in [5.41, 5.74) is 0.151. The minimum absolute atomic E-state index is 0.0339. The van der Waals surface area contributed by atoms with E-state index in [1.165, 1.54) is 38.8 Å². The number of nitrogens with zero attached hydrogens (tertiary/aromatic N) is 2. The molecule has 0 bridgehead atoms. The van der Waals surface area contributed by atoms with Crippen molar-refractivity contribution in [3.05, 3.63) is 0 Å². The van der Waals surface area contributed by atoms with Gasteiger partial charge in [-0.3, -0.25) is 4.99 Å². The molecule has 22 heavy (non-hydrogen) atoms. The van der Waals surface area contributed by atoms with E-state index in [2.05, 4.69) is 25.0 Å². The zero-order valence-corrected chi connectivity index (χ0v) is 14.4. The van der Waals surface area contributed by atoms with Crippen LogP contribution >= 0.6 is 0 Å². The van der Waals surface area contributed by atoms with Crippen LogP contribution in [0.4, 0.5) is 0 Å². The molecule has 0 aromatic heterocycles. The molecule has 3 rings (SSSR count). The summed E-state index contributed by atoms with van der Waals surface area (Å²) in [7, 11) is 0. The first-order valence-corrected chi connectivity index (χ1v) is 9.06. The van der Waals surface area contributed by atoms with Crippen molar-refractivity contribution >= 4 is 6.21 Å². The van der Waals surface area contributed by atoms with E-state index in [0.29, 0.717) is 6.10 Å². The maximum atomic E-state index is 5.96. The maximum Gasteiger partial charge on any atom is 0.0770 e. The van der Waals surface area contributed by atoms with Crippen molar-refractivity contribution in [2.75, 3.05) is 39.4 Å². The standard InChI is InChI=1S/C18H32N2O2/c1-17(2)13-18(7-11-22-17,15-20-8-3-4-9-20)14-19-12-16-6-5-10-21-16/h14,16H,3-13,15H2,1-2H3/t16-,18+/m1/s1. The minimum atomic E-state index is -0.0339. The Morgan fingerprint density at radius 2 is 2.00 bits per heavy atom. The fourth-order valence-electron chi connectivity index (χ4n) is 4.34. The highest BCUT2D eigenvalue weighted by Gasteiger charge is 2.41. The SMILES string of the molecule is CC1(C)C[C@@](C=NC[C@H]2CCCO2)(CN2CCCC2)CCO1. The lowest BCUT2D eigenvalue weighted by Crippen LogP contribution is -2.48. The van der Waals surface area contributed by atoms with Crippen molar-refractivity contribution in [2.45, 2.75) is 64.1 Å². The summed E-state index contributed by atoms with van der Waals surface area (Å²) in [5.74, 6) is 0. The number of hydrogen-bond acceptors (Lipinski definition) is 4. The Morgan fingerprint density at radius 3 is 2.68 bits per heavy atom. The van der Waals surface area contributed by atoms with E-state index in [1.807, 2.05) is 0 Å². The molecule has 0 spiro atoms. The Balaban J connectivity index is 1.65. The van der Waals surface area contributed by atoms with Crippen LogP contribution in [0.3, 0.4) is 0 Å². The summed E-state index contributed by atoms with van der Waals surface area (Å²) in [4.78, 5) is 7.45. The van der Waals surface area contributed by atoms with E-state index in [9.17, 15) is 0 Å². The van der Waals surface area contributed by atoms with Crippen molar-refractivity contribution in [2.24, 2.45) is 10.4 Å². The largest absolute Gasteiger partial charge is 0.376 e. The van der Waals surface area contributed by atoms with Crippen molar-refractivity contribution in [3.8, 4) is 0 Å². The molecule has 0 aromatic carbocycles. The van der Waals surface area contributed by atoms with Crippen LogP contribution in [0, 0.1) is 5.41 Å². The smallest absolute Gasteiger partial charge is 0.0770 e. The second-order valence-electron chi connectivity index (χ2n) is 8.01. The number of rotatable bonds is 5. The third kappa shape index (κ3) is 4.30. The van der Waals surface area contributed by atoms with Gasteiger partial charge in [0.15, 0.2) is 0 Å². The highest BCUT2D eigenvalue weighted by atomic mass is 16.5. The van der Waals surface area contributed by atoms with Crippen LogP contribution in [-0.2, 0) is 9.47 Å². The average Bonchev–Trinajstić information content (AvgIpc) is 3.11. The van der Waals surface area contributed by atoms with Crippen LogP contribution in [0.25, 0.3) is 0 Å². The van der Waals surface area contributed by atoms with Crippen LogP contribution in [0.1, 0.15) is 52.4 Å². The topological polar surface area (TPSA) is 34.1 Å². The average molecular weight is 308 g/mol. The molecular weight excluding hydrogens is 276 g/mol. The number of likely N-dealkylation sites (tertiary alicyclic amines) is 1. The van der Waals surface area contributed by atoms with Gasteiger partial charge in [0.2, 0.25) is 0 Å². The Hall–Kier alpha value is -0.450. The molecule has 0 radical (unpaired) electrons. The first-order valence-electron chi connectivity index (χ1n) is 9.06. The van der Waals surface area contributed by atoms with Crippen LogP contribution in [0.5, 0.6) is 0 Å². The molecule has 126 valence electrons. The van der Waals surface area contributed by atoms with Gasteiger partial charge in [-0.05, 0) is 65.5 Å². The molecule has 3 aliphatic rings. The fraction of sp³-hybridized carbons (Fsp3) is 0.944. The lowest BCUT2D eigenvalue weighted by atomic mass is 9.74. The quantitative estimate of drug-likeness (QED) is 0.732. The van der Waals surface area contributed by atoms with Gasteiger partial charge in [0.25, 0.3) is 0 Å². The molecule has 3 heterocycles. The van der Waals surface area contributed by atoms with E-state index in [4.69, 9.17) is 14.5 Å². The predicted octanol–water partition coefficient (Wildman–Crippen LogP) is 2.91. The van der Waals surface area contributed by atoms with Crippen LogP contribution in [-0.4, -0.2) is 62.2 Å². The zero-order chi connectivity index (χ0) is 15.5. The summed E-state index contributed by atoms with van der Waals surface area (Å²) in [6.07, 6.45) is 9.87. The van der Waals surface area contributed by atoms with E-state index >= 15 is 0 Å². The number of aliphatic imine (C=N–C) groups is 1. The molecule has 0 aliphatic carbocycles. The van der Waals surface area contributed by atoms with E-state index in [0.717, 1.165) is 39.1 Å². The summed E-state index contributed by atoms with van der Waals surface area (Å²) in [5, 5.41) is 0. The van der Waals surface area contributed by atoms with Gasteiger partial charge >= 0.3 is 0 Å². The summed E-state index contributed by atoms with van der Waals surface area (Å²) < 4.78 is 11.7. The third-order valence-corrected chi connectivity index (χ3v) is 5.31. The zero-order valence-electron chi connectivity index (χ0n) is 14.4.